The summed E-state index contributed by atoms with van der Waals surface area (Å²) in [4.78, 5) is 2.28. The van der Waals surface area contributed by atoms with Gasteiger partial charge in [-0.15, -0.1) is 0 Å². The molecule has 0 bridgehead atoms. The van der Waals surface area contributed by atoms with E-state index in [4.69, 9.17) is 4.74 Å². The molecule has 3 atom stereocenters. The number of ether oxygens (including phenoxy) is 1. The normalized spacial score (nSPS) is 26.2. The second-order valence-corrected chi connectivity index (χ2v) is 8.20. The van der Waals surface area contributed by atoms with Gasteiger partial charge in [0.25, 0.3) is 0 Å². The predicted molar refractivity (Wildman–Crippen MR) is 87.7 cm³/mol. The average Bonchev–Trinajstić information content (AvgIpc) is 3.11. The van der Waals surface area contributed by atoms with Gasteiger partial charge in [-0.25, -0.2) is 13.1 Å². The second kappa shape index (κ2) is 6.18. The molecule has 6 heteroatoms. The summed E-state index contributed by atoms with van der Waals surface area (Å²) >= 11 is 0. The summed E-state index contributed by atoms with van der Waals surface area (Å²) in [5, 5.41) is -0.425. The number of sulfonamides is 1. The number of fused-ring (bicyclic) bond motifs is 1. The fourth-order valence-electron chi connectivity index (χ4n) is 3.40. The summed E-state index contributed by atoms with van der Waals surface area (Å²) in [5.41, 5.74) is 2.57. The third-order valence-electron chi connectivity index (χ3n) is 4.74. The van der Waals surface area contributed by atoms with E-state index < -0.39 is 15.3 Å². The molecule has 0 unspecified atom stereocenters. The van der Waals surface area contributed by atoms with Crippen molar-refractivity contribution in [1.82, 2.24) is 4.72 Å². The predicted octanol–water partition coefficient (Wildman–Crippen LogP) is 1.53. The monoisotopic (exact) mass is 324 g/mol. The lowest BCUT2D eigenvalue weighted by Gasteiger charge is -2.28. The maximum absolute atomic E-state index is 12.4. The Morgan fingerprint density at radius 3 is 2.91 bits per heavy atom. The summed E-state index contributed by atoms with van der Waals surface area (Å²) < 4.78 is 33.0. The second-order valence-electron chi connectivity index (χ2n) is 6.22. The van der Waals surface area contributed by atoms with Crippen molar-refractivity contribution in [3.8, 4) is 0 Å². The zero-order chi connectivity index (χ0) is 15.7. The number of nitrogens with zero attached hydrogens (tertiary/aromatic N) is 1. The topological polar surface area (TPSA) is 58.6 Å². The lowest BCUT2D eigenvalue weighted by molar-refractivity contribution is 0.126. The van der Waals surface area contributed by atoms with Gasteiger partial charge in [-0.1, -0.05) is 18.2 Å². The standard InChI is InChI=1S/C16H24N2O3S/c1-12(18-9-7-14-5-3-4-6-15(14)18)11-17-22(19,20)16-8-10-21-13(16)2/h3-6,12-13,16-17H,7-11H2,1-2H3/t12-,13+,16-/m1/s1. The maximum Gasteiger partial charge on any atom is 0.217 e. The average molecular weight is 324 g/mol. The third-order valence-corrected chi connectivity index (χ3v) is 6.73. The van der Waals surface area contributed by atoms with Gasteiger partial charge in [-0.3, -0.25) is 0 Å². The summed E-state index contributed by atoms with van der Waals surface area (Å²) in [7, 11) is -3.31. The van der Waals surface area contributed by atoms with E-state index in [0.717, 1.165) is 13.0 Å². The Hall–Kier alpha value is -1.11. The van der Waals surface area contributed by atoms with Crippen LogP contribution in [-0.2, 0) is 21.2 Å². The van der Waals surface area contributed by atoms with Gasteiger partial charge in [-0.05, 0) is 38.3 Å². The van der Waals surface area contributed by atoms with Crippen LogP contribution in [0.3, 0.4) is 0 Å². The quantitative estimate of drug-likeness (QED) is 0.892. The van der Waals surface area contributed by atoms with Crippen LogP contribution in [0.5, 0.6) is 0 Å². The van der Waals surface area contributed by atoms with E-state index in [1.165, 1.54) is 11.3 Å². The van der Waals surface area contributed by atoms with E-state index in [0.29, 0.717) is 19.6 Å². The summed E-state index contributed by atoms with van der Waals surface area (Å²) in [6.07, 6.45) is 1.39. The first-order chi connectivity index (χ1) is 10.5. The molecule has 1 fully saturated rings. The van der Waals surface area contributed by atoms with Crippen LogP contribution in [0.4, 0.5) is 5.69 Å². The lowest BCUT2D eigenvalue weighted by atomic mass is 10.2. The largest absolute Gasteiger partial charge is 0.377 e. The highest BCUT2D eigenvalue weighted by atomic mass is 32.2. The van der Waals surface area contributed by atoms with Crippen LogP contribution >= 0.6 is 0 Å². The van der Waals surface area contributed by atoms with Gasteiger partial charge in [0.05, 0.1) is 6.10 Å². The van der Waals surface area contributed by atoms with Crippen molar-refractivity contribution in [2.75, 3.05) is 24.6 Å². The summed E-state index contributed by atoms with van der Waals surface area (Å²) in [6.45, 7) is 5.81. The smallest absolute Gasteiger partial charge is 0.217 e. The van der Waals surface area contributed by atoms with Crippen LogP contribution in [0.15, 0.2) is 24.3 Å². The number of hydrogen-bond donors (Lipinski definition) is 1. The number of rotatable bonds is 5. The third kappa shape index (κ3) is 3.00. The number of hydrogen-bond acceptors (Lipinski definition) is 4. The van der Waals surface area contributed by atoms with Crippen LogP contribution in [0, 0.1) is 0 Å². The molecule has 1 N–H and O–H groups in total. The molecule has 1 aromatic carbocycles. The first-order valence-electron chi connectivity index (χ1n) is 7.93. The van der Waals surface area contributed by atoms with E-state index >= 15 is 0 Å². The summed E-state index contributed by atoms with van der Waals surface area (Å²) in [5.74, 6) is 0. The van der Waals surface area contributed by atoms with E-state index in [-0.39, 0.29) is 12.1 Å². The molecule has 2 heterocycles. The van der Waals surface area contributed by atoms with Crippen molar-refractivity contribution in [3.63, 3.8) is 0 Å². The van der Waals surface area contributed by atoms with Crippen molar-refractivity contribution < 1.29 is 13.2 Å². The molecule has 2 aliphatic heterocycles. The Labute approximate surface area is 132 Å². The first-order valence-corrected chi connectivity index (χ1v) is 9.48. The molecule has 5 nitrogen and oxygen atoms in total. The molecule has 0 aromatic heterocycles. The number of anilines is 1. The van der Waals surface area contributed by atoms with Gasteiger partial charge in [0.2, 0.25) is 10.0 Å². The number of para-hydroxylation sites is 1. The Kier molecular flexibility index (Phi) is 4.43. The van der Waals surface area contributed by atoms with E-state index in [9.17, 15) is 8.42 Å². The molecule has 0 amide bonds. The highest BCUT2D eigenvalue weighted by molar-refractivity contribution is 7.90. The molecule has 3 rings (SSSR count). The van der Waals surface area contributed by atoms with Crippen molar-refractivity contribution >= 4 is 15.7 Å². The Bertz CT molecular complexity index is 632. The molecule has 0 aliphatic carbocycles. The minimum Gasteiger partial charge on any atom is -0.377 e. The van der Waals surface area contributed by atoms with Crippen LogP contribution in [0.25, 0.3) is 0 Å². The van der Waals surface area contributed by atoms with Crippen molar-refractivity contribution in [1.29, 1.82) is 0 Å². The molecular weight excluding hydrogens is 300 g/mol. The van der Waals surface area contributed by atoms with Crippen LogP contribution in [-0.4, -0.2) is 45.5 Å². The highest BCUT2D eigenvalue weighted by Gasteiger charge is 2.36. The van der Waals surface area contributed by atoms with Crippen molar-refractivity contribution in [2.45, 2.75) is 44.1 Å². The Morgan fingerprint density at radius 2 is 2.18 bits per heavy atom. The van der Waals surface area contributed by atoms with Gasteiger partial charge >= 0.3 is 0 Å². The maximum atomic E-state index is 12.4. The molecule has 1 aromatic rings. The van der Waals surface area contributed by atoms with Crippen LogP contribution in [0.2, 0.25) is 0 Å². The van der Waals surface area contributed by atoms with E-state index in [1.807, 2.05) is 13.0 Å². The Balaban J connectivity index is 1.62. The lowest BCUT2D eigenvalue weighted by Crippen LogP contribution is -2.45. The van der Waals surface area contributed by atoms with Gasteiger partial charge in [-0.2, -0.15) is 0 Å². The van der Waals surface area contributed by atoms with Gasteiger partial charge in [0.15, 0.2) is 0 Å². The molecule has 0 saturated carbocycles. The molecule has 2 aliphatic rings. The number of benzene rings is 1. The minimum atomic E-state index is -3.31. The van der Waals surface area contributed by atoms with Crippen LogP contribution < -0.4 is 9.62 Å². The zero-order valence-corrected chi connectivity index (χ0v) is 14.0. The molecule has 122 valence electrons. The van der Waals surface area contributed by atoms with Crippen molar-refractivity contribution in [3.05, 3.63) is 29.8 Å². The highest BCUT2D eigenvalue weighted by Crippen LogP contribution is 2.29. The van der Waals surface area contributed by atoms with E-state index in [1.54, 1.807) is 0 Å². The SMILES string of the molecule is C[C@@H]1OCC[C@H]1S(=O)(=O)NC[C@@H](C)N1CCc2ccccc21. The van der Waals surface area contributed by atoms with Gasteiger partial charge < -0.3 is 9.64 Å². The van der Waals surface area contributed by atoms with Crippen LogP contribution in [0.1, 0.15) is 25.8 Å². The van der Waals surface area contributed by atoms with E-state index in [2.05, 4.69) is 34.7 Å². The molecule has 1 saturated heterocycles. The molecule has 22 heavy (non-hydrogen) atoms. The zero-order valence-electron chi connectivity index (χ0n) is 13.2. The molecular formula is C16H24N2O3S. The van der Waals surface area contributed by atoms with Crippen molar-refractivity contribution in [2.24, 2.45) is 0 Å². The fraction of sp³-hybridized carbons (Fsp3) is 0.625. The summed E-state index contributed by atoms with van der Waals surface area (Å²) in [6, 6.07) is 8.48. The number of nitrogens with one attached hydrogen (secondary N) is 1. The first kappa shape index (κ1) is 15.8. The minimum absolute atomic E-state index is 0.135. The molecule has 0 radical (unpaired) electrons. The molecule has 0 spiro atoms. The van der Waals surface area contributed by atoms with Gasteiger partial charge in [0.1, 0.15) is 5.25 Å². The van der Waals surface area contributed by atoms with Gasteiger partial charge in [0, 0.05) is 31.4 Å². The Morgan fingerprint density at radius 1 is 1.41 bits per heavy atom. The fourth-order valence-corrected chi connectivity index (χ4v) is 5.07.